The molecule has 120 valence electrons. The van der Waals surface area contributed by atoms with Crippen LogP contribution in [0.2, 0.25) is 0 Å². The summed E-state index contributed by atoms with van der Waals surface area (Å²) in [6.45, 7) is 15.4. The van der Waals surface area contributed by atoms with Gasteiger partial charge in [-0.05, 0) is 64.0 Å². The molecule has 0 aromatic carbocycles. The quantitative estimate of drug-likeness (QED) is 0.754. The summed E-state index contributed by atoms with van der Waals surface area (Å²) >= 11 is 0. The summed E-state index contributed by atoms with van der Waals surface area (Å²) in [5.41, 5.74) is 0. The molecule has 1 saturated carbocycles. The van der Waals surface area contributed by atoms with Crippen LogP contribution >= 0.6 is 0 Å². The number of hydrogen-bond acceptors (Lipinski definition) is 2. The second-order valence-corrected chi connectivity index (χ2v) is 7.75. The summed E-state index contributed by atoms with van der Waals surface area (Å²) in [5.74, 6) is 2.45. The molecule has 5 unspecified atom stereocenters. The Morgan fingerprint density at radius 2 is 1.80 bits per heavy atom. The molecule has 1 N–H and O–H groups in total. The fraction of sp³-hybridized carbons (Fsp3) is 1.00. The third-order valence-corrected chi connectivity index (χ3v) is 5.06. The number of rotatable bonds is 7. The van der Waals surface area contributed by atoms with Crippen LogP contribution in [0, 0.1) is 17.8 Å². The average Bonchev–Trinajstić information content (AvgIpc) is 2.34. The highest BCUT2D eigenvalue weighted by Gasteiger charge is 2.37. The van der Waals surface area contributed by atoms with E-state index in [0.717, 1.165) is 24.3 Å². The largest absolute Gasteiger partial charge is 0.312 e. The van der Waals surface area contributed by atoms with E-state index in [2.05, 4.69) is 58.8 Å². The molecular weight excluding hydrogens is 244 g/mol. The van der Waals surface area contributed by atoms with Crippen molar-refractivity contribution in [1.29, 1.82) is 0 Å². The van der Waals surface area contributed by atoms with E-state index in [1.165, 1.54) is 25.7 Å². The van der Waals surface area contributed by atoms with E-state index in [-0.39, 0.29) is 0 Å². The lowest BCUT2D eigenvalue weighted by Crippen LogP contribution is -2.57. The molecule has 5 atom stereocenters. The summed E-state index contributed by atoms with van der Waals surface area (Å²) in [4.78, 5) is 2.67. The minimum atomic E-state index is 0.674. The van der Waals surface area contributed by atoms with Crippen molar-refractivity contribution in [3.05, 3.63) is 0 Å². The molecule has 2 nitrogen and oxygen atoms in total. The van der Waals surface area contributed by atoms with Gasteiger partial charge in [0.05, 0.1) is 0 Å². The molecule has 0 spiro atoms. The monoisotopic (exact) mass is 282 g/mol. The van der Waals surface area contributed by atoms with Crippen molar-refractivity contribution in [2.24, 2.45) is 17.8 Å². The van der Waals surface area contributed by atoms with Gasteiger partial charge in [-0.1, -0.05) is 34.6 Å². The minimum Gasteiger partial charge on any atom is -0.312 e. The van der Waals surface area contributed by atoms with E-state index >= 15 is 0 Å². The normalized spacial score (nSPS) is 32.9. The Labute approximate surface area is 127 Å². The molecule has 0 aliphatic heterocycles. The molecule has 0 bridgehead atoms. The first-order valence-electron chi connectivity index (χ1n) is 8.82. The van der Waals surface area contributed by atoms with Crippen molar-refractivity contribution >= 4 is 0 Å². The number of nitrogens with one attached hydrogen (secondary N) is 1. The van der Waals surface area contributed by atoms with Gasteiger partial charge in [0, 0.05) is 18.1 Å². The van der Waals surface area contributed by atoms with E-state index in [1.54, 1.807) is 0 Å². The Morgan fingerprint density at radius 3 is 2.35 bits per heavy atom. The van der Waals surface area contributed by atoms with Crippen LogP contribution in [0.5, 0.6) is 0 Å². The molecule has 0 aromatic heterocycles. The molecule has 0 radical (unpaired) electrons. The van der Waals surface area contributed by atoms with Crippen molar-refractivity contribution in [3.63, 3.8) is 0 Å². The molecule has 1 rings (SSSR count). The number of hydrogen-bond donors (Lipinski definition) is 1. The predicted molar refractivity (Wildman–Crippen MR) is 90.1 cm³/mol. The highest BCUT2D eigenvalue weighted by atomic mass is 15.2. The van der Waals surface area contributed by atoms with Crippen molar-refractivity contribution < 1.29 is 0 Å². The zero-order chi connectivity index (χ0) is 15.3. The van der Waals surface area contributed by atoms with Gasteiger partial charge in [-0.25, -0.2) is 0 Å². The highest BCUT2D eigenvalue weighted by molar-refractivity contribution is 4.94. The van der Waals surface area contributed by atoms with E-state index < -0.39 is 0 Å². The van der Waals surface area contributed by atoms with Crippen LogP contribution in [-0.4, -0.2) is 36.6 Å². The maximum atomic E-state index is 3.83. The van der Waals surface area contributed by atoms with Crippen LogP contribution in [0.3, 0.4) is 0 Å². The van der Waals surface area contributed by atoms with Gasteiger partial charge in [0.25, 0.3) is 0 Å². The zero-order valence-electron chi connectivity index (χ0n) is 14.9. The zero-order valence-corrected chi connectivity index (χ0v) is 14.9. The van der Waals surface area contributed by atoms with Gasteiger partial charge in [0.2, 0.25) is 0 Å². The van der Waals surface area contributed by atoms with Crippen molar-refractivity contribution in [2.45, 2.75) is 85.4 Å². The molecule has 2 heteroatoms. The SMILES string of the molecule is CCCNC1CC(C)CC(C)C1N(C)C(C)CC(C)C. The lowest BCUT2D eigenvalue weighted by Gasteiger charge is -2.47. The van der Waals surface area contributed by atoms with Crippen LogP contribution in [0.4, 0.5) is 0 Å². The standard InChI is InChI=1S/C18H38N2/c1-8-9-19-17-12-14(4)11-15(5)18(17)20(7)16(6)10-13(2)3/h13-19H,8-12H2,1-7H3. The molecule has 0 aromatic rings. The van der Waals surface area contributed by atoms with E-state index in [4.69, 9.17) is 0 Å². The Hall–Kier alpha value is -0.0800. The second kappa shape index (κ2) is 8.38. The topological polar surface area (TPSA) is 15.3 Å². The average molecular weight is 283 g/mol. The van der Waals surface area contributed by atoms with Gasteiger partial charge in [-0.2, -0.15) is 0 Å². The summed E-state index contributed by atoms with van der Waals surface area (Å²) in [6, 6.07) is 2.06. The fourth-order valence-corrected chi connectivity index (χ4v) is 4.20. The van der Waals surface area contributed by atoms with Crippen molar-refractivity contribution in [1.82, 2.24) is 10.2 Å². The molecule has 0 saturated heterocycles. The molecular formula is C18H38N2. The highest BCUT2D eigenvalue weighted by Crippen LogP contribution is 2.33. The van der Waals surface area contributed by atoms with Crippen LogP contribution in [0.1, 0.15) is 67.2 Å². The number of nitrogens with zero attached hydrogens (tertiary/aromatic N) is 1. The molecule has 1 aliphatic rings. The summed E-state index contributed by atoms with van der Waals surface area (Å²) in [7, 11) is 2.35. The Balaban J connectivity index is 2.73. The Kier molecular flexibility index (Phi) is 7.53. The van der Waals surface area contributed by atoms with Gasteiger partial charge in [0.1, 0.15) is 0 Å². The third kappa shape index (κ3) is 5.04. The first-order valence-corrected chi connectivity index (χ1v) is 8.82. The maximum Gasteiger partial charge on any atom is 0.0274 e. The van der Waals surface area contributed by atoms with Gasteiger partial charge in [0.15, 0.2) is 0 Å². The van der Waals surface area contributed by atoms with Gasteiger partial charge < -0.3 is 5.32 Å². The van der Waals surface area contributed by atoms with E-state index in [9.17, 15) is 0 Å². The van der Waals surface area contributed by atoms with Crippen LogP contribution < -0.4 is 5.32 Å². The van der Waals surface area contributed by atoms with E-state index in [0.29, 0.717) is 18.1 Å². The molecule has 0 amide bonds. The van der Waals surface area contributed by atoms with Crippen molar-refractivity contribution in [2.75, 3.05) is 13.6 Å². The lowest BCUT2D eigenvalue weighted by molar-refractivity contribution is 0.0493. The first kappa shape index (κ1) is 18.0. The number of likely N-dealkylation sites (N-methyl/N-ethyl adjacent to an activating group) is 1. The van der Waals surface area contributed by atoms with Crippen LogP contribution in [0.25, 0.3) is 0 Å². The molecule has 1 aliphatic carbocycles. The lowest BCUT2D eigenvalue weighted by atomic mass is 9.75. The van der Waals surface area contributed by atoms with Gasteiger partial charge in [-0.3, -0.25) is 4.90 Å². The Bertz CT molecular complexity index is 264. The second-order valence-electron chi connectivity index (χ2n) is 7.75. The van der Waals surface area contributed by atoms with Crippen molar-refractivity contribution in [3.8, 4) is 0 Å². The summed E-state index contributed by atoms with van der Waals surface area (Å²) < 4.78 is 0. The van der Waals surface area contributed by atoms with Gasteiger partial charge >= 0.3 is 0 Å². The smallest absolute Gasteiger partial charge is 0.0274 e. The predicted octanol–water partition coefficient (Wildman–Crippen LogP) is 4.16. The maximum absolute atomic E-state index is 3.83. The van der Waals surface area contributed by atoms with Crippen LogP contribution in [0.15, 0.2) is 0 Å². The fourth-order valence-electron chi connectivity index (χ4n) is 4.20. The molecule has 20 heavy (non-hydrogen) atoms. The van der Waals surface area contributed by atoms with Crippen LogP contribution in [-0.2, 0) is 0 Å². The Morgan fingerprint density at radius 1 is 1.15 bits per heavy atom. The minimum absolute atomic E-state index is 0.674. The first-order chi connectivity index (χ1) is 9.36. The summed E-state index contributed by atoms with van der Waals surface area (Å²) in [6.07, 6.45) is 5.26. The summed E-state index contributed by atoms with van der Waals surface area (Å²) in [5, 5.41) is 3.83. The molecule has 0 heterocycles. The molecule has 1 fully saturated rings. The van der Waals surface area contributed by atoms with Gasteiger partial charge in [-0.15, -0.1) is 0 Å². The third-order valence-electron chi connectivity index (χ3n) is 5.06. The van der Waals surface area contributed by atoms with E-state index in [1.807, 2.05) is 0 Å².